The van der Waals surface area contributed by atoms with E-state index in [1.165, 1.54) is 30.3 Å². The van der Waals surface area contributed by atoms with Crippen LogP contribution in [0.25, 0.3) is 0 Å². The highest BCUT2D eigenvalue weighted by Gasteiger charge is 2.23. The van der Waals surface area contributed by atoms with Crippen LogP contribution in [0.4, 0.5) is 5.69 Å². The summed E-state index contributed by atoms with van der Waals surface area (Å²) in [5, 5.41) is 26.9. The number of nitrogens with one attached hydrogen (secondary N) is 1. The van der Waals surface area contributed by atoms with Crippen molar-refractivity contribution in [2.45, 2.75) is 24.7 Å². The molecule has 0 amide bonds. The van der Waals surface area contributed by atoms with E-state index in [0.717, 1.165) is 18.9 Å². The number of unbranched alkanes of at least 4 members (excludes halogenated alkanes) is 1. The second-order valence-corrected chi connectivity index (χ2v) is 7.11. The van der Waals surface area contributed by atoms with Gasteiger partial charge in [-0.1, -0.05) is 13.3 Å². The number of nitrogens with two attached hydrogens (primary N) is 1. The van der Waals surface area contributed by atoms with Crippen LogP contribution in [0.3, 0.4) is 0 Å². The summed E-state index contributed by atoms with van der Waals surface area (Å²) < 4.78 is 29.6. The molecule has 5 N–H and O–H groups in total. The number of phenolic OH excluding ortho intramolecular Hbond substituents is 1. The number of anilines is 1. The quantitative estimate of drug-likeness (QED) is 0.516. The minimum atomic E-state index is -4.25. The van der Waals surface area contributed by atoms with Crippen LogP contribution in [-0.2, 0) is 10.0 Å². The number of benzene rings is 2. The van der Waals surface area contributed by atoms with E-state index >= 15 is 0 Å². The minimum Gasteiger partial charge on any atom is -0.508 e. The molecule has 0 heterocycles. The molecule has 0 aliphatic heterocycles. The number of phenols is 1. The van der Waals surface area contributed by atoms with Crippen LogP contribution >= 0.6 is 0 Å². The summed E-state index contributed by atoms with van der Waals surface area (Å²) in [7, 11) is -4.25. The fourth-order valence-electron chi connectivity index (χ4n) is 2.21. The molecule has 0 radical (unpaired) electrons. The molecule has 2 aromatic carbocycles. The number of aromatic carboxylic acids is 1. The first-order valence-corrected chi connectivity index (χ1v) is 9.42. The Bertz CT molecular complexity index is 894. The summed E-state index contributed by atoms with van der Waals surface area (Å²) in [6, 6.07) is 7.90. The van der Waals surface area contributed by atoms with Crippen molar-refractivity contribution in [2.24, 2.45) is 5.14 Å². The van der Waals surface area contributed by atoms with E-state index in [9.17, 15) is 23.4 Å². The number of aromatic hydroxyl groups is 1. The minimum absolute atomic E-state index is 0.0199. The molecular weight excluding hydrogens is 360 g/mol. The zero-order valence-electron chi connectivity index (χ0n) is 14.1. The number of rotatable bonds is 8. The Balaban J connectivity index is 2.59. The van der Waals surface area contributed by atoms with Gasteiger partial charge >= 0.3 is 5.97 Å². The van der Waals surface area contributed by atoms with Gasteiger partial charge in [0.2, 0.25) is 10.0 Å². The number of sulfonamides is 1. The molecule has 0 saturated heterocycles. The van der Waals surface area contributed by atoms with Crippen molar-refractivity contribution >= 4 is 21.7 Å². The van der Waals surface area contributed by atoms with Gasteiger partial charge in [0.05, 0.1) is 11.3 Å². The van der Waals surface area contributed by atoms with Gasteiger partial charge in [0.25, 0.3) is 0 Å². The number of hydrogen-bond donors (Lipinski definition) is 4. The van der Waals surface area contributed by atoms with Gasteiger partial charge in [0.1, 0.15) is 16.4 Å². The average molecular weight is 380 g/mol. The van der Waals surface area contributed by atoms with Crippen molar-refractivity contribution in [3.05, 3.63) is 42.0 Å². The number of primary sulfonamides is 1. The van der Waals surface area contributed by atoms with Crippen molar-refractivity contribution in [1.29, 1.82) is 0 Å². The van der Waals surface area contributed by atoms with Gasteiger partial charge in [-0.3, -0.25) is 0 Å². The zero-order valence-corrected chi connectivity index (χ0v) is 14.9. The SMILES string of the molecule is CCCCNc1cc(C(=O)O)cc(S(N)(=O)=O)c1Oc1ccc(O)cc1. The van der Waals surface area contributed by atoms with E-state index in [4.69, 9.17) is 9.88 Å². The van der Waals surface area contributed by atoms with Gasteiger partial charge < -0.3 is 20.3 Å². The first kappa shape index (κ1) is 19.5. The van der Waals surface area contributed by atoms with Gasteiger partial charge in [0.15, 0.2) is 5.75 Å². The predicted octanol–water partition coefficient (Wildman–Crippen LogP) is 2.74. The molecule has 8 nitrogen and oxygen atoms in total. The third-order valence-corrected chi connectivity index (χ3v) is 4.43. The molecule has 2 rings (SSSR count). The lowest BCUT2D eigenvalue weighted by Crippen LogP contribution is -2.16. The Morgan fingerprint density at radius 1 is 1.23 bits per heavy atom. The largest absolute Gasteiger partial charge is 0.508 e. The van der Waals surface area contributed by atoms with E-state index in [1.54, 1.807) is 0 Å². The Labute approximate surface area is 151 Å². The predicted molar refractivity (Wildman–Crippen MR) is 96.4 cm³/mol. The summed E-state index contributed by atoms with van der Waals surface area (Å²) in [6.45, 7) is 2.48. The zero-order chi connectivity index (χ0) is 19.3. The molecule has 0 atom stereocenters. The van der Waals surface area contributed by atoms with E-state index in [1.807, 2.05) is 6.92 Å². The van der Waals surface area contributed by atoms with Gasteiger partial charge in [0, 0.05) is 6.54 Å². The van der Waals surface area contributed by atoms with Gasteiger partial charge in [-0.05, 0) is 42.8 Å². The molecule has 0 bridgehead atoms. The summed E-state index contributed by atoms with van der Waals surface area (Å²) in [5.74, 6) is -1.11. The third kappa shape index (κ3) is 4.87. The normalized spacial score (nSPS) is 11.2. The van der Waals surface area contributed by atoms with Gasteiger partial charge in [-0.25, -0.2) is 18.4 Å². The summed E-state index contributed by atoms with van der Waals surface area (Å²) in [6.07, 6.45) is 1.68. The van der Waals surface area contributed by atoms with Crippen molar-refractivity contribution in [1.82, 2.24) is 0 Å². The highest BCUT2D eigenvalue weighted by atomic mass is 32.2. The lowest BCUT2D eigenvalue weighted by atomic mass is 10.1. The first-order valence-electron chi connectivity index (χ1n) is 7.87. The smallest absolute Gasteiger partial charge is 0.335 e. The Morgan fingerprint density at radius 3 is 2.42 bits per heavy atom. The van der Waals surface area contributed by atoms with Crippen LogP contribution in [0.5, 0.6) is 17.2 Å². The highest BCUT2D eigenvalue weighted by molar-refractivity contribution is 7.89. The van der Waals surface area contributed by atoms with E-state index < -0.39 is 20.9 Å². The molecule has 140 valence electrons. The molecule has 0 aromatic heterocycles. The van der Waals surface area contributed by atoms with Gasteiger partial charge in [-0.15, -0.1) is 0 Å². The third-order valence-electron chi connectivity index (χ3n) is 3.51. The monoisotopic (exact) mass is 380 g/mol. The second-order valence-electron chi connectivity index (χ2n) is 5.58. The van der Waals surface area contributed by atoms with E-state index in [0.29, 0.717) is 6.54 Å². The molecule has 0 spiro atoms. The van der Waals surface area contributed by atoms with Crippen LogP contribution in [0.2, 0.25) is 0 Å². The van der Waals surface area contributed by atoms with Crippen LogP contribution in [0.15, 0.2) is 41.3 Å². The highest BCUT2D eigenvalue weighted by Crippen LogP contribution is 2.37. The Kier molecular flexibility index (Phi) is 6.06. The number of carboxylic acid groups (broad SMARTS) is 1. The van der Waals surface area contributed by atoms with Crippen LogP contribution in [-0.4, -0.2) is 31.1 Å². The van der Waals surface area contributed by atoms with Crippen LogP contribution in [0.1, 0.15) is 30.1 Å². The Morgan fingerprint density at radius 2 is 1.88 bits per heavy atom. The summed E-state index contributed by atoms with van der Waals surface area (Å²) in [4.78, 5) is 10.9. The molecule has 9 heteroatoms. The summed E-state index contributed by atoms with van der Waals surface area (Å²) >= 11 is 0. The number of carboxylic acids is 1. The molecule has 0 fully saturated rings. The maximum absolute atomic E-state index is 12.0. The van der Waals surface area contributed by atoms with E-state index in [-0.39, 0.29) is 28.5 Å². The number of hydrogen-bond acceptors (Lipinski definition) is 6. The number of ether oxygens (including phenoxy) is 1. The second kappa shape index (κ2) is 8.07. The average Bonchev–Trinajstić information content (AvgIpc) is 2.57. The van der Waals surface area contributed by atoms with Gasteiger partial charge in [-0.2, -0.15) is 0 Å². The molecule has 0 saturated carbocycles. The topological polar surface area (TPSA) is 139 Å². The van der Waals surface area contributed by atoms with Crippen molar-refractivity contribution in [3.63, 3.8) is 0 Å². The van der Waals surface area contributed by atoms with Crippen LogP contribution in [0, 0.1) is 0 Å². The lowest BCUT2D eigenvalue weighted by molar-refractivity contribution is 0.0696. The standard InChI is InChI=1S/C17H20N2O6S/c1-2-3-8-19-14-9-11(17(21)22)10-15(26(18,23)24)16(14)25-13-6-4-12(20)5-7-13/h4-7,9-10,19-20H,2-3,8H2,1H3,(H,21,22)(H2,18,23,24). The van der Waals surface area contributed by atoms with Crippen LogP contribution < -0.4 is 15.2 Å². The Hall–Kier alpha value is -2.78. The van der Waals surface area contributed by atoms with E-state index in [2.05, 4.69) is 5.32 Å². The maximum atomic E-state index is 12.0. The first-order chi connectivity index (χ1) is 12.2. The molecule has 0 unspecified atom stereocenters. The molecular formula is C17H20N2O6S. The van der Waals surface area contributed by atoms with Crippen molar-refractivity contribution in [3.8, 4) is 17.2 Å². The molecule has 0 aliphatic rings. The molecule has 2 aromatic rings. The maximum Gasteiger partial charge on any atom is 0.335 e. The molecule has 26 heavy (non-hydrogen) atoms. The fraction of sp³-hybridized carbons (Fsp3) is 0.235. The van der Waals surface area contributed by atoms with Crippen molar-refractivity contribution in [2.75, 3.05) is 11.9 Å². The molecule has 0 aliphatic carbocycles. The summed E-state index contributed by atoms with van der Waals surface area (Å²) in [5.41, 5.74) is -0.0264. The fourth-order valence-corrected chi connectivity index (χ4v) is 2.91. The van der Waals surface area contributed by atoms with Crippen molar-refractivity contribution < 1.29 is 28.2 Å². The lowest BCUT2D eigenvalue weighted by Gasteiger charge is -2.17. The number of carbonyl (C=O) groups is 1.